The number of anilines is 2. The van der Waals surface area contributed by atoms with Crippen LogP contribution in [0, 0.1) is 0 Å². The van der Waals surface area contributed by atoms with Gasteiger partial charge >= 0.3 is 0 Å². The van der Waals surface area contributed by atoms with Crippen molar-refractivity contribution in [3.05, 3.63) is 70.8 Å². The molecule has 134 valence electrons. The van der Waals surface area contributed by atoms with Crippen molar-refractivity contribution in [2.24, 2.45) is 0 Å². The van der Waals surface area contributed by atoms with E-state index in [0.717, 1.165) is 34.4 Å². The van der Waals surface area contributed by atoms with Crippen LogP contribution in [0.4, 0.5) is 11.4 Å². The molecule has 0 radical (unpaired) electrons. The topological polar surface area (TPSA) is 23.6 Å². The van der Waals surface area contributed by atoms with Gasteiger partial charge in [0.1, 0.15) is 0 Å². The fourth-order valence-corrected chi connectivity index (χ4v) is 3.12. The Morgan fingerprint density at radius 1 is 0.692 bits per heavy atom. The van der Waals surface area contributed by atoms with E-state index in [1.165, 1.54) is 5.69 Å². The molecule has 0 aliphatic heterocycles. The highest BCUT2D eigenvalue weighted by Crippen LogP contribution is 2.31. The predicted octanol–water partition coefficient (Wildman–Crippen LogP) is 4.65. The lowest BCUT2D eigenvalue weighted by molar-refractivity contribution is -0.114. The largest absolute Gasteiger partial charge is 0.378 e. The Morgan fingerprint density at radius 3 is 1.62 bits per heavy atom. The monoisotopic (exact) mass is 346 g/mol. The first-order valence-electron chi connectivity index (χ1n) is 8.94. The van der Waals surface area contributed by atoms with Crippen LogP contribution < -0.4 is 9.80 Å². The van der Waals surface area contributed by atoms with E-state index < -0.39 is 0 Å². The molecule has 3 rings (SSSR count). The number of nitrogens with zero attached hydrogens (tertiary/aromatic N) is 2. The minimum absolute atomic E-state index is 0.234. The minimum Gasteiger partial charge on any atom is -0.378 e. The normalized spacial score (nSPS) is 17.2. The fourth-order valence-electron chi connectivity index (χ4n) is 3.12. The molecule has 0 unspecified atom stereocenters. The van der Waals surface area contributed by atoms with Crippen molar-refractivity contribution >= 4 is 29.3 Å². The van der Waals surface area contributed by atoms with Gasteiger partial charge in [0.05, 0.1) is 0 Å². The molecule has 0 atom stereocenters. The highest BCUT2D eigenvalue weighted by molar-refractivity contribution is 6.08. The lowest BCUT2D eigenvalue weighted by atomic mass is 10.0. The van der Waals surface area contributed by atoms with Gasteiger partial charge in [-0.25, -0.2) is 0 Å². The maximum Gasteiger partial charge on any atom is 0.163 e. The summed E-state index contributed by atoms with van der Waals surface area (Å²) in [6.45, 7) is 0. The summed E-state index contributed by atoms with van der Waals surface area (Å²) in [5.74, 6) is 0.234. The summed E-state index contributed by atoms with van der Waals surface area (Å²) >= 11 is 0. The van der Waals surface area contributed by atoms with Gasteiger partial charge in [0.15, 0.2) is 5.78 Å². The van der Waals surface area contributed by atoms with Crippen LogP contribution in [0.1, 0.15) is 24.0 Å². The number of hydrogen-bond acceptors (Lipinski definition) is 3. The molecule has 0 saturated heterocycles. The van der Waals surface area contributed by atoms with Gasteiger partial charge in [-0.1, -0.05) is 30.3 Å². The summed E-state index contributed by atoms with van der Waals surface area (Å²) in [6.07, 6.45) is 5.58. The maximum atomic E-state index is 12.4. The molecular formula is C23H26N2O. The van der Waals surface area contributed by atoms with Crippen LogP contribution in [0.2, 0.25) is 0 Å². The zero-order chi connectivity index (χ0) is 18.7. The average Bonchev–Trinajstić information content (AvgIpc) is 2.96. The smallest absolute Gasteiger partial charge is 0.163 e. The predicted molar refractivity (Wildman–Crippen MR) is 112 cm³/mol. The van der Waals surface area contributed by atoms with E-state index in [1.807, 2.05) is 34.3 Å². The number of hydrogen-bond donors (Lipinski definition) is 0. The molecule has 0 heterocycles. The van der Waals surface area contributed by atoms with Gasteiger partial charge in [0, 0.05) is 51.6 Å². The van der Waals surface area contributed by atoms with Gasteiger partial charge in [0.25, 0.3) is 0 Å². The summed E-state index contributed by atoms with van der Waals surface area (Å²) in [4.78, 5) is 16.5. The molecule has 2 aromatic carbocycles. The Labute approximate surface area is 156 Å². The molecule has 1 saturated carbocycles. The maximum absolute atomic E-state index is 12.4. The van der Waals surface area contributed by atoms with E-state index in [1.54, 1.807) is 0 Å². The van der Waals surface area contributed by atoms with E-state index in [4.69, 9.17) is 0 Å². The van der Waals surface area contributed by atoms with E-state index >= 15 is 0 Å². The summed E-state index contributed by atoms with van der Waals surface area (Å²) in [5, 5.41) is 0. The molecular weight excluding hydrogens is 320 g/mol. The second kappa shape index (κ2) is 7.61. The van der Waals surface area contributed by atoms with Crippen molar-refractivity contribution in [3.63, 3.8) is 0 Å². The highest BCUT2D eigenvalue weighted by Gasteiger charge is 2.22. The fraction of sp³-hybridized carbons (Fsp3) is 0.261. The van der Waals surface area contributed by atoms with Crippen LogP contribution >= 0.6 is 0 Å². The Hall–Kier alpha value is -2.81. The van der Waals surface area contributed by atoms with Gasteiger partial charge in [-0.2, -0.15) is 0 Å². The lowest BCUT2D eigenvalue weighted by Gasteiger charge is -2.12. The third-order valence-corrected chi connectivity index (χ3v) is 4.74. The van der Waals surface area contributed by atoms with Crippen molar-refractivity contribution in [3.8, 4) is 0 Å². The number of rotatable bonds is 4. The molecule has 26 heavy (non-hydrogen) atoms. The third-order valence-electron chi connectivity index (χ3n) is 4.74. The van der Waals surface area contributed by atoms with Crippen LogP contribution in [0.3, 0.4) is 0 Å². The first-order chi connectivity index (χ1) is 12.4. The third kappa shape index (κ3) is 4.05. The van der Waals surface area contributed by atoms with Gasteiger partial charge in [0.2, 0.25) is 0 Å². The number of ketones is 1. The molecule has 3 nitrogen and oxygen atoms in total. The lowest BCUT2D eigenvalue weighted by Crippen LogP contribution is -2.08. The molecule has 0 N–H and O–H groups in total. The first-order valence-corrected chi connectivity index (χ1v) is 8.94. The standard InChI is InChI=1S/C23H26N2O/c1-24(2)20-10-5-17(6-11-20)15-19-9-14-23(26)22(19)16-18-7-12-21(13-8-18)25(3)4/h5-8,10-13,15-16H,9,14H2,1-4H3. The summed E-state index contributed by atoms with van der Waals surface area (Å²) in [7, 11) is 8.11. The van der Waals surface area contributed by atoms with Crippen LogP contribution in [0.15, 0.2) is 59.7 Å². The quantitative estimate of drug-likeness (QED) is 0.753. The molecule has 1 aliphatic rings. The van der Waals surface area contributed by atoms with Crippen molar-refractivity contribution in [2.75, 3.05) is 38.0 Å². The zero-order valence-corrected chi connectivity index (χ0v) is 16.0. The molecule has 0 amide bonds. The Morgan fingerprint density at radius 2 is 1.15 bits per heavy atom. The van der Waals surface area contributed by atoms with E-state index in [-0.39, 0.29) is 5.78 Å². The zero-order valence-electron chi connectivity index (χ0n) is 16.0. The molecule has 0 bridgehead atoms. The van der Waals surface area contributed by atoms with Gasteiger partial charge in [-0.3, -0.25) is 4.79 Å². The molecule has 3 heteroatoms. The van der Waals surface area contributed by atoms with Crippen molar-refractivity contribution < 1.29 is 4.79 Å². The Kier molecular flexibility index (Phi) is 5.27. The summed E-state index contributed by atoms with van der Waals surface area (Å²) in [6, 6.07) is 16.7. The van der Waals surface area contributed by atoms with Gasteiger partial charge in [-0.15, -0.1) is 0 Å². The SMILES string of the molecule is CN(C)c1ccc(C=C2CCC(=O)C2=Cc2ccc(N(C)C)cc2)cc1. The number of carbonyl (C=O) groups is 1. The Bertz CT molecular complexity index is 841. The summed E-state index contributed by atoms with van der Waals surface area (Å²) < 4.78 is 0. The number of benzene rings is 2. The molecule has 0 spiro atoms. The van der Waals surface area contributed by atoms with Crippen LogP contribution in [-0.4, -0.2) is 34.0 Å². The molecule has 1 aliphatic carbocycles. The van der Waals surface area contributed by atoms with Crippen LogP contribution in [-0.2, 0) is 4.79 Å². The Balaban J connectivity index is 1.88. The van der Waals surface area contributed by atoms with Crippen molar-refractivity contribution in [1.82, 2.24) is 0 Å². The van der Waals surface area contributed by atoms with Crippen molar-refractivity contribution in [1.29, 1.82) is 0 Å². The second-order valence-electron chi connectivity index (χ2n) is 7.12. The molecule has 1 fully saturated rings. The second-order valence-corrected chi connectivity index (χ2v) is 7.12. The average molecular weight is 346 g/mol. The van der Waals surface area contributed by atoms with Crippen molar-refractivity contribution in [2.45, 2.75) is 12.8 Å². The van der Waals surface area contributed by atoms with E-state index in [0.29, 0.717) is 6.42 Å². The van der Waals surface area contributed by atoms with Gasteiger partial charge in [-0.05, 0) is 53.5 Å². The van der Waals surface area contributed by atoms with E-state index in [9.17, 15) is 4.79 Å². The summed E-state index contributed by atoms with van der Waals surface area (Å²) in [5.41, 5.74) is 6.50. The highest BCUT2D eigenvalue weighted by atomic mass is 16.1. The van der Waals surface area contributed by atoms with Crippen LogP contribution in [0.5, 0.6) is 0 Å². The number of allylic oxidation sites excluding steroid dienone is 2. The van der Waals surface area contributed by atoms with E-state index in [2.05, 4.69) is 64.4 Å². The number of Topliss-reactive ketones (excluding diaryl/α,β-unsaturated/α-hetero) is 1. The number of carbonyl (C=O) groups excluding carboxylic acids is 1. The van der Waals surface area contributed by atoms with Gasteiger partial charge < -0.3 is 9.80 Å². The van der Waals surface area contributed by atoms with Crippen LogP contribution in [0.25, 0.3) is 12.2 Å². The first kappa shape index (κ1) is 18.0. The molecule has 0 aromatic heterocycles. The molecule has 2 aromatic rings. The minimum atomic E-state index is 0.234.